The lowest BCUT2D eigenvalue weighted by atomic mass is 10.0. The SMILES string of the molecule is Cc1ccc(N(C(=O)c2snc(C(N)=O)c2N)[C@@H](C(=O)NC[C@H]2CCCO2)c2ccc(O)cc2)cc1. The average molecular weight is 510 g/mol. The van der Waals surface area contributed by atoms with Crippen molar-refractivity contribution in [1.29, 1.82) is 0 Å². The lowest BCUT2D eigenvalue weighted by molar-refractivity contribution is -0.123. The van der Waals surface area contributed by atoms with Gasteiger partial charge in [-0.25, -0.2) is 0 Å². The molecule has 0 spiro atoms. The fourth-order valence-electron chi connectivity index (χ4n) is 4.02. The number of primary amides is 1. The number of aromatic hydroxyl groups is 1. The van der Waals surface area contributed by atoms with Crippen molar-refractivity contribution in [1.82, 2.24) is 9.69 Å². The highest BCUT2D eigenvalue weighted by molar-refractivity contribution is 7.09. The summed E-state index contributed by atoms with van der Waals surface area (Å²) in [7, 11) is 0. The number of phenolic OH excluding ortho intramolecular Hbond substituents is 1. The fourth-order valence-corrected chi connectivity index (χ4v) is 4.76. The maximum absolute atomic E-state index is 13.9. The van der Waals surface area contributed by atoms with Gasteiger partial charge in [-0.05, 0) is 61.1 Å². The Labute approximate surface area is 212 Å². The molecule has 11 heteroatoms. The molecule has 0 bridgehead atoms. The van der Waals surface area contributed by atoms with E-state index in [4.69, 9.17) is 16.2 Å². The molecule has 3 aromatic rings. The first-order chi connectivity index (χ1) is 17.3. The topological polar surface area (TPSA) is 161 Å². The second-order valence-electron chi connectivity index (χ2n) is 8.52. The minimum atomic E-state index is -1.12. The summed E-state index contributed by atoms with van der Waals surface area (Å²) in [5.74, 6) is -1.90. The quantitative estimate of drug-likeness (QED) is 0.363. The zero-order valence-electron chi connectivity index (χ0n) is 19.6. The van der Waals surface area contributed by atoms with Crippen LogP contribution in [0.15, 0.2) is 48.5 Å². The van der Waals surface area contributed by atoms with Crippen LogP contribution in [0.25, 0.3) is 0 Å². The van der Waals surface area contributed by atoms with Gasteiger partial charge in [0.1, 0.15) is 16.7 Å². The van der Waals surface area contributed by atoms with Crippen LogP contribution >= 0.6 is 11.5 Å². The molecule has 1 aliphatic rings. The number of aromatic nitrogens is 1. The summed E-state index contributed by atoms with van der Waals surface area (Å²) >= 11 is 0.741. The van der Waals surface area contributed by atoms with Gasteiger partial charge >= 0.3 is 0 Å². The second-order valence-corrected chi connectivity index (χ2v) is 9.30. The summed E-state index contributed by atoms with van der Waals surface area (Å²) in [4.78, 5) is 40.6. The van der Waals surface area contributed by atoms with E-state index in [9.17, 15) is 19.5 Å². The first-order valence-electron chi connectivity index (χ1n) is 11.4. The summed E-state index contributed by atoms with van der Waals surface area (Å²) in [5.41, 5.74) is 12.9. The van der Waals surface area contributed by atoms with E-state index in [1.807, 2.05) is 19.1 Å². The van der Waals surface area contributed by atoms with Gasteiger partial charge in [0.05, 0.1) is 11.8 Å². The molecule has 36 heavy (non-hydrogen) atoms. The van der Waals surface area contributed by atoms with E-state index in [1.54, 1.807) is 24.3 Å². The number of benzene rings is 2. The fraction of sp³-hybridized carbons (Fsp3) is 0.280. The maximum atomic E-state index is 13.9. The summed E-state index contributed by atoms with van der Waals surface area (Å²) in [6.45, 7) is 2.84. The molecule has 2 aromatic carbocycles. The normalized spacial score (nSPS) is 15.9. The van der Waals surface area contributed by atoms with Gasteiger partial charge < -0.3 is 26.6 Å². The molecule has 2 atom stereocenters. The molecule has 2 heterocycles. The predicted octanol–water partition coefficient (Wildman–Crippen LogP) is 2.52. The minimum absolute atomic E-state index is 0.0138. The van der Waals surface area contributed by atoms with Gasteiger partial charge in [0.2, 0.25) is 5.91 Å². The molecule has 1 aromatic heterocycles. The first kappa shape index (κ1) is 25.1. The molecule has 1 fully saturated rings. The number of ether oxygens (including phenoxy) is 1. The molecule has 0 saturated carbocycles. The van der Waals surface area contributed by atoms with Gasteiger partial charge in [-0.15, -0.1) is 0 Å². The van der Waals surface area contributed by atoms with Gasteiger partial charge in [0.15, 0.2) is 5.69 Å². The van der Waals surface area contributed by atoms with Gasteiger partial charge in [-0.3, -0.25) is 19.3 Å². The molecule has 6 N–H and O–H groups in total. The Morgan fingerprint density at radius 2 is 1.89 bits per heavy atom. The molecule has 0 aliphatic carbocycles. The number of hydrogen-bond donors (Lipinski definition) is 4. The number of nitrogens with two attached hydrogens (primary N) is 2. The number of rotatable bonds is 8. The minimum Gasteiger partial charge on any atom is -0.508 e. The Morgan fingerprint density at radius 1 is 1.19 bits per heavy atom. The average Bonchev–Trinajstić information content (AvgIpc) is 3.52. The second kappa shape index (κ2) is 10.8. The number of aryl methyl sites for hydroxylation is 1. The van der Waals surface area contributed by atoms with Crippen molar-refractivity contribution in [2.75, 3.05) is 23.8 Å². The summed E-state index contributed by atoms with van der Waals surface area (Å²) in [6, 6.07) is 12.0. The molecule has 3 amide bonds. The van der Waals surface area contributed by atoms with E-state index in [1.165, 1.54) is 17.0 Å². The zero-order chi connectivity index (χ0) is 25.8. The van der Waals surface area contributed by atoms with Crippen LogP contribution in [0.2, 0.25) is 0 Å². The Kier molecular flexibility index (Phi) is 7.51. The highest BCUT2D eigenvalue weighted by Gasteiger charge is 2.36. The molecular weight excluding hydrogens is 482 g/mol. The van der Waals surface area contributed by atoms with Crippen LogP contribution in [0.1, 0.15) is 50.2 Å². The van der Waals surface area contributed by atoms with E-state index in [-0.39, 0.29) is 34.7 Å². The molecule has 188 valence electrons. The monoisotopic (exact) mass is 509 g/mol. The predicted molar refractivity (Wildman–Crippen MR) is 136 cm³/mol. The Hall–Kier alpha value is -3.96. The van der Waals surface area contributed by atoms with Crippen molar-refractivity contribution >= 4 is 40.6 Å². The molecule has 4 rings (SSSR count). The summed E-state index contributed by atoms with van der Waals surface area (Å²) in [5, 5.41) is 12.7. The van der Waals surface area contributed by atoms with Crippen molar-refractivity contribution < 1.29 is 24.2 Å². The van der Waals surface area contributed by atoms with Crippen LogP contribution in [-0.2, 0) is 9.53 Å². The van der Waals surface area contributed by atoms with Crippen LogP contribution in [0.5, 0.6) is 5.75 Å². The lowest BCUT2D eigenvalue weighted by Crippen LogP contribution is -2.45. The van der Waals surface area contributed by atoms with Crippen LogP contribution in [0.4, 0.5) is 11.4 Å². The largest absolute Gasteiger partial charge is 0.508 e. The van der Waals surface area contributed by atoms with E-state index in [2.05, 4.69) is 9.69 Å². The zero-order valence-corrected chi connectivity index (χ0v) is 20.5. The number of anilines is 2. The Balaban J connectivity index is 1.79. The third-order valence-corrected chi connectivity index (χ3v) is 6.78. The number of carbonyl (C=O) groups excluding carboxylic acids is 3. The van der Waals surface area contributed by atoms with Crippen molar-refractivity contribution in [3.05, 3.63) is 70.2 Å². The highest BCUT2D eigenvalue weighted by atomic mass is 32.1. The summed E-state index contributed by atoms with van der Waals surface area (Å²) in [6.07, 6.45) is 1.65. The van der Waals surface area contributed by atoms with Crippen LogP contribution in [0.3, 0.4) is 0 Å². The van der Waals surface area contributed by atoms with Crippen molar-refractivity contribution in [3.63, 3.8) is 0 Å². The van der Waals surface area contributed by atoms with Crippen molar-refractivity contribution in [3.8, 4) is 5.75 Å². The highest BCUT2D eigenvalue weighted by Crippen LogP contribution is 2.34. The molecule has 1 aliphatic heterocycles. The number of amides is 3. The van der Waals surface area contributed by atoms with E-state index in [0.717, 1.165) is 29.9 Å². The smallest absolute Gasteiger partial charge is 0.273 e. The van der Waals surface area contributed by atoms with Crippen LogP contribution < -0.4 is 21.7 Å². The maximum Gasteiger partial charge on any atom is 0.273 e. The standard InChI is InChI=1S/C25H27N5O5S/c1-14-4-8-16(9-5-14)30(25(34)22-19(26)20(23(27)32)29-36-22)21(15-6-10-17(31)11-7-15)24(33)28-13-18-3-2-12-35-18/h4-11,18,21,31H,2-3,12-13,26H2,1H3,(H2,27,32)(H,28,33)/t18-,21-/m1/s1. The lowest BCUT2D eigenvalue weighted by Gasteiger charge is -2.31. The summed E-state index contributed by atoms with van der Waals surface area (Å²) < 4.78 is 9.57. The van der Waals surface area contributed by atoms with Crippen LogP contribution in [-0.4, -0.2) is 46.5 Å². The van der Waals surface area contributed by atoms with Gasteiger partial charge in [0.25, 0.3) is 11.8 Å². The van der Waals surface area contributed by atoms with Crippen LogP contribution in [0, 0.1) is 6.92 Å². The van der Waals surface area contributed by atoms with Gasteiger partial charge in [-0.1, -0.05) is 29.8 Å². The first-order valence-corrected chi connectivity index (χ1v) is 12.2. The number of hydrogen-bond acceptors (Lipinski definition) is 8. The number of carbonyl (C=O) groups is 3. The third-order valence-electron chi connectivity index (χ3n) is 5.93. The third kappa shape index (κ3) is 5.31. The Morgan fingerprint density at radius 3 is 2.47 bits per heavy atom. The molecule has 1 saturated heterocycles. The van der Waals surface area contributed by atoms with E-state index < -0.39 is 23.8 Å². The molecular formula is C25H27N5O5S. The number of phenols is 1. The van der Waals surface area contributed by atoms with E-state index >= 15 is 0 Å². The van der Waals surface area contributed by atoms with Gasteiger partial charge in [-0.2, -0.15) is 4.37 Å². The Bertz CT molecular complexity index is 1250. The van der Waals surface area contributed by atoms with E-state index in [0.29, 0.717) is 17.9 Å². The number of nitrogens with one attached hydrogen (secondary N) is 1. The number of nitrogen functional groups attached to an aromatic ring is 1. The molecule has 10 nitrogen and oxygen atoms in total. The molecule has 0 radical (unpaired) electrons. The number of nitrogens with zero attached hydrogens (tertiary/aromatic N) is 2. The van der Waals surface area contributed by atoms with Gasteiger partial charge in [0, 0.05) is 18.8 Å². The van der Waals surface area contributed by atoms with Crippen molar-refractivity contribution in [2.45, 2.75) is 31.9 Å². The van der Waals surface area contributed by atoms with Crippen molar-refractivity contribution in [2.24, 2.45) is 5.73 Å². The molecule has 0 unspecified atom stereocenters.